The first-order valence-electron chi connectivity index (χ1n) is 10.5. The number of aryl methyl sites for hydroxylation is 1. The molecular formula is C23H23F3N4O3. The number of carbonyl (C=O) groups excluding carboxylic acids is 2. The van der Waals surface area contributed by atoms with Crippen LogP contribution in [0.15, 0.2) is 47.1 Å². The van der Waals surface area contributed by atoms with Crippen LogP contribution in [0.5, 0.6) is 0 Å². The summed E-state index contributed by atoms with van der Waals surface area (Å²) in [5.74, 6) is -0.510. The van der Waals surface area contributed by atoms with Gasteiger partial charge in [-0.1, -0.05) is 6.07 Å². The average Bonchev–Trinajstić information content (AvgIpc) is 3.40. The molecule has 1 aliphatic rings. The second kappa shape index (κ2) is 8.86. The summed E-state index contributed by atoms with van der Waals surface area (Å²) in [5, 5.41) is 4.25. The van der Waals surface area contributed by atoms with Crippen molar-refractivity contribution in [3.8, 4) is 5.69 Å². The van der Waals surface area contributed by atoms with Crippen LogP contribution in [0.4, 0.5) is 13.2 Å². The molecule has 174 valence electrons. The molecule has 1 aliphatic heterocycles. The average molecular weight is 460 g/mol. The predicted molar refractivity (Wildman–Crippen MR) is 113 cm³/mol. The van der Waals surface area contributed by atoms with Gasteiger partial charge in [-0.15, -0.1) is 0 Å². The summed E-state index contributed by atoms with van der Waals surface area (Å²) in [6.45, 7) is 5.75. The van der Waals surface area contributed by atoms with Crippen molar-refractivity contribution in [2.45, 2.75) is 26.6 Å². The molecular weight excluding hydrogens is 437 g/mol. The van der Waals surface area contributed by atoms with Gasteiger partial charge in [0.25, 0.3) is 11.7 Å². The van der Waals surface area contributed by atoms with Gasteiger partial charge in [-0.05, 0) is 44.2 Å². The summed E-state index contributed by atoms with van der Waals surface area (Å²) in [4.78, 5) is 29.6. The smallest absolute Gasteiger partial charge is 0.416 e. The molecule has 0 bridgehead atoms. The minimum Gasteiger partial charge on any atom is -0.468 e. The Labute approximate surface area is 188 Å². The molecule has 3 heterocycles. The summed E-state index contributed by atoms with van der Waals surface area (Å²) in [6.07, 6.45) is -2.89. The normalized spacial score (nSPS) is 15.1. The zero-order chi connectivity index (χ0) is 23.8. The number of hydrogen-bond donors (Lipinski definition) is 0. The molecule has 0 saturated carbocycles. The minimum absolute atomic E-state index is 0.121. The largest absolute Gasteiger partial charge is 0.468 e. The Morgan fingerprint density at radius 1 is 1.06 bits per heavy atom. The lowest BCUT2D eigenvalue weighted by atomic mass is 10.1. The number of nitrogens with zero attached hydrogens (tertiary/aromatic N) is 4. The zero-order valence-corrected chi connectivity index (χ0v) is 18.2. The Morgan fingerprint density at radius 2 is 1.79 bits per heavy atom. The molecule has 0 aliphatic carbocycles. The molecule has 0 radical (unpaired) electrons. The third kappa shape index (κ3) is 4.70. The second-order valence-corrected chi connectivity index (χ2v) is 7.98. The second-order valence-electron chi connectivity index (χ2n) is 7.98. The zero-order valence-electron chi connectivity index (χ0n) is 18.2. The van der Waals surface area contributed by atoms with Crippen molar-refractivity contribution in [3.05, 3.63) is 70.9 Å². The third-order valence-corrected chi connectivity index (χ3v) is 5.75. The van der Waals surface area contributed by atoms with Gasteiger partial charge in [-0.2, -0.15) is 18.3 Å². The molecule has 1 amide bonds. The highest BCUT2D eigenvalue weighted by atomic mass is 19.4. The van der Waals surface area contributed by atoms with Crippen LogP contribution in [-0.4, -0.2) is 57.4 Å². The standard InChI is InChI=1S/C23H23F3N4O3/c1-15-20(16(2)30(27-15)18-6-3-5-17(13-18)23(24,25)26)21(31)22(32)29-10-8-28(9-11-29)14-19-7-4-12-33-19/h3-7,12-13H,8-11,14H2,1-2H3. The Kier molecular flexibility index (Phi) is 6.11. The van der Waals surface area contributed by atoms with E-state index in [-0.39, 0.29) is 11.3 Å². The van der Waals surface area contributed by atoms with Gasteiger partial charge < -0.3 is 9.32 Å². The van der Waals surface area contributed by atoms with Crippen molar-refractivity contribution in [1.82, 2.24) is 19.6 Å². The minimum atomic E-state index is -4.50. The monoisotopic (exact) mass is 460 g/mol. The van der Waals surface area contributed by atoms with Crippen molar-refractivity contribution in [2.75, 3.05) is 26.2 Å². The number of aromatic nitrogens is 2. The SMILES string of the molecule is Cc1nn(-c2cccc(C(F)(F)F)c2)c(C)c1C(=O)C(=O)N1CCN(Cc2ccco2)CC1. The van der Waals surface area contributed by atoms with Crippen LogP contribution < -0.4 is 0 Å². The molecule has 0 spiro atoms. The molecule has 10 heteroatoms. The summed E-state index contributed by atoms with van der Waals surface area (Å²) in [7, 11) is 0. The van der Waals surface area contributed by atoms with E-state index in [1.54, 1.807) is 20.1 Å². The molecule has 1 aromatic carbocycles. The third-order valence-electron chi connectivity index (χ3n) is 5.75. The Morgan fingerprint density at radius 3 is 2.42 bits per heavy atom. The number of ketones is 1. The van der Waals surface area contributed by atoms with Crippen LogP contribution in [-0.2, 0) is 17.5 Å². The molecule has 1 fully saturated rings. The Hall–Kier alpha value is -3.40. The van der Waals surface area contributed by atoms with Gasteiger partial charge in [0.15, 0.2) is 0 Å². The molecule has 4 rings (SSSR count). The van der Waals surface area contributed by atoms with Crippen LogP contribution in [0.25, 0.3) is 5.69 Å². The first-order valence-corrected chi connectivity index (χ1v) is 10.5. The van der Waals surface area contributed by atoms with Crippen molar-refractivity contribution < 1.29 is 27.2 Å². The van der Waals surface area contributed by atoms with Gasteiger partial charge in [0.2, 0.25) is 0 Å². The number of alkyl halides is 3. The molecule has 0 unspecified atom stereocenters. The highest BCUT2D eigenvalue weighted by Gasteiger charge is 2.33. The van der Waals surface area contributed by atoms with Crippen molar-refractivity contribution >= 4 is 11.7 Å². The molecule has 1 saturated heterocycles. The summed E-state index contributed by atoms with van der Waals surface area (Å²) in [6, 6.07) is 8.39. The van der Waals surface area contributed by atoms with Crippen LogP contribution in [0.1, 0.15) is 33.1 Å². The van der Waals surface area contributed by atoms with Gasteiger partial charge in [-0.25, -0.2) is 4.68 Å². The first kappa shape index (κ1) is 22.8. The number of hydrogen-bond acceptors (Lipinski definition) is 5. The van der Waals surface area contributed by atoms with Crippen molar-refractivity contribution in [2.24, 2.45) is 0 Å². The van der Waals surface area contributed by atoms with Gasteiger partial charge in [0, 0.05) is 26.2 Å². The van der Waals surface area contributed by atoms with E-state index in [0.29, 0.717) is 44.1 Å². The maximum absolute atomic E-state index is 13.1. The lowest BCUT2D eigenvalue weighted by Gasteiger charge is -2.33. The fourth-order valence-corrected chi connectivity index (χ4v) is 4.02. The van der Waals surface area contributed by atoms with Crippen LogP contribution in [0, 0.1) is 13.8 Å². The number of rotatable bonds is 5. The van der Waals surface area contributed by atoms with Crippen molar-refractivity contribution in [3.63, 3.8) is 0 Å². The van der Waals surface area contributed by atoms with E-state index in [1.807, 2.05) is 12.1 Å². The number of carbonyl (C=O) groups is 2. The molecule has 2 aromatic heterocycles. The van der Waals surface area contributed by atoms with E-state index in [4.69, 9.17) is 4.42 Å². The first-order chi connectivity index (χ1) is 15.6. The fraction of sp³-hybridized carbons (Fsp3) is 0.348. The number of piperazine rings is 1. The molecule has 3 aromatic rings. The number of Topliss-reactive ketones (excluding diaryl/α,β-unsaturated/α-hetero) is 1. The van der Waals surface area contributed by atoms with Crippen LogP contribution >= 0.6 is 0 Å². The van der Waals surface area contributed by atoms with Gasteiger partial charge in [-0.3, -0.25) is 14.5 Å². The molecule has 0 N–H and O–H groups in total. The lowest BCUT2D eigenvalue weighted by Crippen LogP contribution is -2.50. The predicted octanol–water partition coefficient (Wildman–Crippen LogP) is 3.63. The molecule has 7 nitrogen and oxygen atoms in total. The highest BCUT2D eigenvalue weighted by Crippen LogP contribution is 2.31. The summed E-state index contributed by atoms with van der Waals surface area (Å²) in [5.41, 5.74) is 0.0872. The quantitative estimate of drug-likeness (QED) is 0.430. The van der Waals surface area contributed by atoms with Crippen molar-refractivity contribution in [1.29, 1.82) is 0 Å². The lowest BCUT2D eigenvalue weighted by molar-refractivity contribution is -0.137. The highest BCUT2D eigenvalue weighted by molar-refractivity contribution is 6.43. The van der Waals surface area contributed by atoms with Gasteiger partial charge in [0.1, 0.15) is 5.76 Å². The summed E-state index contributed by atoms with van der Waals surface area (Å²) < 4.78 is 45.9. The Balaban J connectivity index is 1.49. The number of amides is 1. The van der Waals surface area contributed by atoms with E-state index in [0.717, 1.165) is 17.9 Å². The fourth-order valence-electron chi connectivity index (χ4n) is 4.02. The topological polar surface area (TPSA) is 71.6 Å². The molecule has 0 atom stereocenters. The number of furan rings is 1. The van der Waals surface area contributed by atoms with E-state index in [1.165, 1.54) is 21.7 Å². The van der Waals surface area contributed by atoms with Gasteiger partial charge in [0.05, 0.1) is 41.0 Å². The maximum atomic E-state index is 13.1. The van der Waals surface area contributed by atoms with E-state index < -0.39 is 23.4 Å². The summed E-state index contributed by atoms with van der Waals surface area (Å²) >= 11 is 0. The van der Waals surface area contributed by atoms with Crippen LogP contribution in [0.2, 0.25) is 0 Å². The van der Waals surface area contributed by atoms with Gasteiger partial charge >= 0.3 is 6.18 Å². The maximum Gasteiger partial charge on any atom is 0.416 e. The van der Waals surface area contributed by atoms with E-state index in [2.05, 4.69) is 10.00 Å². The van der Waals surface area contributed by atoms with E-state index >= 15 is 0 Å². The van der Waals surface area contributed by atoms with E-state index in [9.17, 15) is 22.8 Å². The molecule has 33 heavy (non-hydrogen) atoms. The number of benzene rings is 1. The Bertz CT molecular complexity index is 1160. The number of halogens is 3. The van der Waals surface area contributed by atoms with Crippen LogP contribution in [0.3, 0.4) is 0 Å².